The molecule has 0 radical (unpaired) electrons. The molecule has 0 bridgehead atoms. The molecule has 0 aromatic heterocycles. The molecule has 0 saturated carbocycles. The van der Waals surface area contributed by atoms with Crippen molar-refractivity contribution >= 4 is 17.7 Å². The van der Waals surface area contributed by atoms with Crippen molar-refractivity contribution in [3.63, 3.8) is 0 Å². The molecule has 1 heterocycles. The van der Waals surface area contributed by atoms with Crippen LogP contribution in [0.2, 0.25) is 0 Å². The van der Waals surface area contributed by atoms with Crippen molar-refractivity contribution in [1.82, 2.24) is 5.32 Å². The molecular weight excluding hydrogens is 258 g/mol. The minimum atomic E-state index is 0.107. The van der Waals surface area contributed by atoms with Crippen molar-refractivity contribution < 1.29 is 9.53 Å². The zero-order valence-electron chi connectivity index (χ0n) is 11.4. The molecule has 2 rings (SSSR count). The van der Waals surface area contributed by atoms with E-state index < -0.39 is 0 Å². The number of nitrogens with one attached hydrogen (secondary N) is 1. The Morgan fingerprint density at radius 3 is 2.84 bits per heavy atom. The molecule has 3 nitrogen and oxygen atoms in total. The van der Waals surface area contributed by atoms with Crippen LogP contribution in [0.1, 0.15) is 18.4 Å². The van der Waals surface area contributed by atoms with Gasteiger partial charge >= 0.3 is 0 Å². The van der Waals surface area contributed by atoms with Crippen LogP contribution in [0.4, 0.5) is 0 Å². The molecular formula is C15H21NO2S. The molecule has 1 aromatic rings. The molecule has 1 saturated heterocycles. The molecule has 1 aromatic carbocycles. The number of amides is 1. The van der Waals surface area contributed by atoms with Crippen molar-refractivity contribution in [2.45, 2.75) is 24.2 Å². The van der Waals surface area contributed by atoms with E-state index in [2.05, 4.69) is 23.7 Å². The van der Waals surface area contributed by atoms with Crippen LogP contribution in [0.5, 0.6) is 0 Å². The highest BCUT2D eigenvalue weighted by Gasteiger charge is 2.15. The SMILES string of the molecule is CSc1ccc(CC(=O)NCC[C@@H]2CCOC2)cc1. The normalized spacial score (nSPS) is 18.5. The Kier molecular flexibility index (Phi) is 5.73. The summed E-state index contributed by atoms with van der Waals surface area (Å²) >= 11 is 1.71. The Bertz CT molecular complexity index is 399. The maximum atomic E-state index is 11.8. The van der Waals surface area contributed by atoms with E-state index in [1.807, 2.05) is 12.1 Å². The Labute approximate surface area is 119 Å². The lowest BCUT2D eigenvalue weighted by Gasteiger charge is -2.09. The molecule has 4 heteroatoms. The summed E-state index contributed by atoms with van der Waals surface area (Å²) < 4.78 is 5.32. The lowest BCUT2D eigenvalue weighted by Crippen LogP contribution is -2.27. The summed E-state index contributed by atoms with van der Waals surface area (Å²) in [5.41, 5.74) is 1.07. The van der Waals surface area contributed by atoms with Crippen molar-refractivity contribution in [3.05, 3.63) is 29.8 Å². The molecule has 1 fully saturated rings. The molecule has 0 spiro atoms. The average Bonchev–Trinajstić information content (AvgIpc) is 2.93. The Hall–Kier alpha value is -1.00. The monoisotopic (exact) mass is 279 g/mol. The van der Waals surface area contributed by atoms with Crippen LogP contribution in [-0.4, -0.2) is 31.9 Å². The number of benzene rings is 1. The number of carbonyl (C=O) groups excluding carboxylic acids is 1. The Balaban J connectivity index is 1.68. The number of hydrogen-bond donors (Lipinski definition) is 1. The number of hydrogen-bond acceptors (Lipinski definition) is 3. The zero-order chi connectivity index (χ0) is 13.5. The highest BCUT2D eigenvalue weighted by molar-refractivity contribution is 7.98. The van der Waals surface area contributed by atoms with E-state index >= 15 is 0 Å². The maximum Gasteiger partial charge on any atom is 0.224 e. The van der Waals surface area contributed by atoms with Gasteiger partial charge in [0.25, 0.3) is 0 Å². The third-order valence-electron chi connectivity index (χ3n) is 3.42. The maximum absolute atomic E-state index is 11.8. The average molecular weight is 279 g/mol. The zero-order valence-corrected chi connectivity index (χ0v) is 12.2. The fourth-order valence-electron chi connectivity index (χ4n) is 2.22. The number of rotatable bonds is 6. The lowest BCUT2D eigenvalue weighted by molar-refractivity contribution is -0.120. The fourth-order valence-corrected chi connectivity index (χ4v) is 2.63. The summed E-state index contributed by atoms with van der Waals surface area (Å²) in [6, 6.07) is 8.17. The van der Waals surface area contributed by atoms with Gasteiger partial charge in [-0.25, -0.2) is 0 Å². The molecule has 0 unspecified atom stereocenters. The summed E-state index contributed by atoms with van der Waals surface area (Å²) in [6.07, 6.45) is 4.67. The highest BCUT2D eigenvalue weighted by Crippen LogP contribution is 2.16. The van der Waals surface area contributed by atoms with Gasteiger partial charge in [0.1, 0.15) is 0 Å². The van der Waals surface area contributed by atoms with Gasteiger partial charge in [-0.2, -0.15) is 0 Å². The highest BCUT2D eigenvalue weighted by atomic mass is 32.2. The van der Waals surface area contributed by atoms with Gasteiger partial charge in [0.15, 0.2) is 0 Å². The van der Waals surface area contributed by atoms with Crippen LogP contribution in [-0.2, 0) is 16.0 Å². The molecule has 1 aliphatic heterocycles. The lowest BCUT2D eigenvalue weighted by atomic mass is 10.1. The smallest absolute Gasteiger partial charge is 0.224 e. The van der Waals surface area contributed by atoms with E-state index in [9.17, 15) is 4.79 Å². The van der Waals surface area contributed by atoms with Crippen molar-refractivity contribution in [3.8, 4) is 0 Å². The van der Waals surface area contributed by atoms with Crippen molar-refractivity contribution in [2.24, 2.45) is 5.92 Å². The first kappa shape index (κ1) is 14.4. The molecule has 1 aliphatic rings. The second kappa shape index (κ2) is 7.56. The van der Waals surface area contributed by atoms with E-state index in [0.717, 1.165) is 38.2 Å². The van der Waals surface area contributed by atoms with Gasteiger partial charge in [-0.1, -0.05) is 12.1 Å². The molecule has 1 amide bonds. The van der Waals surface area contributed by atoms with Crippen LogP contribution in [0, 0.1) is 5.92 Å². The Morgan fingerprint density at radius 2 is 2.21 bits per heavy atom. The van der Waals surface area contributed by atoms with Gasteiger partial charge in [0, 0.05) is 24.7 Å². The van der Waals surface area contributed by atoms with Gasteiger partial charge in [-0.05, 0) is 42.7 Å². The fraction of sp³-hybridized carbons (Fsp3) is 0.533. The van der Waals surface area contributed by atoms with Crippen molar-refractivity contribution in [2.75, 3.05) is 26.0 Å². The second-order valence-corrected chi connectivity index (χ2v) is 5.77. The van der Waals surface area contributed by atoms with Crippen LogP contribution in [0.25, 0.3) is 0 Å². The molecule has 1 N–H and O–H groups in total. The van der Waals surface area contributed by atoms with Crippen LogP contribution < -0.4 is 5.32 Å². The Morgan fingerprint density at radius 1 is 1.42 bits per heavy atom. The van der Waals surface area contributed by atoms with Crippen molar-refractivity contribution in [1.29, 1.82) is 0 Å². The van der Waals surface area contributed by atoms with Crippen LogP contribution in [0.15, 0.2) is 29.2 Å². The quantitative estimate of drug-likeness (QED) is 0.813. The first-order valence-corrected chi connectivity index (χ1v) is 7.98. The molecule has 19 heavy (non-hydrogen) atoms. The molecule has 1 atom stereocenters. The summed E-state index contributed by atoms with van der Waals surface area (Å²) in [7, 11) is 0. The number of carbonyl (C=O) groups is 1. The van der Waals surface area contributed by atoms with Gasteiger partial charge in [0.05, 0.1) is 6.42 Å². The van der Waals surface area contributed by atoms with E-state index in [-0.39, 0.29) is 5.91 Å². The number of ether oxygens (including phenoxy) is 1. The minimum absolute atomic E-state index is 0.107. The standard InChI is InChI=1S/C15H21NO2S/c1-19-14-4-2-12(3-5-14)10-15(17)16-8-6-13-7-9-18-11-13/h2-5,13H,6-11H2,1H3,(H,16,17)/t13-/m1/s1. The minimum Gasteiger partial charge on any atom is -0.381 e. The summed E-state index contributed by atoms with van der Waals surface area (Å²) in [6.45, 7) is 2.49. The van der Waals surface area contributed by atoms with E-state index in [1.54, 1.807) is 11.8 Å². The van der Waals surface area contributed by atoms with E-state index in [1.165, 1.54) is 4.90 Å². The largest absolute Gasteiger partial charge is 0.381 e. The van der Waals surface area contributed by atoms with E-state index in [4.69, 9.17) is 4.74 Å². The third-order valence-corrected chi connectivity index (χ3v) is 4.17. The predicted molar refractivity (Wildman–Crippen MR) is 78.5 cm³/mol. The first-order chi connectivity index (χ1) is 9.28. The molecule has 0 aliphatic carbocycles. The number of thioether (sulfide) groups is 1. The van der Waals surface area contributed by atoms with Gasteiger partial charge in [-0.3, -0.25) is 4.79 Å². The van der Waals surface area contributed by atoms with Crippen LogP contribution >= 0.6 is 11.8 Å². The second-order valence-electron chi connectivity index (χ2n) is 4.89. The van der Waals surface area contributed by atoms with E-state index in [0.29, 0.717) is 12.3 Å². The first-order valence-electron chi connectivity index (χ1n) is 6.75. The van der Waals surface area contributed by atoms with Gasteiger partial charge in [-0.15, -0.1) is 11.8 Å². The predicted octanol–water partition coefficient (Wildman–Crippen LogP) is 2.49. The topological polar surface area (TPSA) is 38.3 Å². The van der Waals surface area contributed by atoms with Crippen LogP contribution in [0.3, 0.4) is 0 Å². The van der Waals surface area contributed by atoms with Gasteiger partial charge < -0.3 is 10.1 Å². The summed E-state index contributed by atoms with van der Waals surface area (Å²) in [5, 5.41) is 2.99. The third kappa shape index (κ3) is 4.88. The summed E-state index contributed by atoms with van der Waals surface area (Å²) in [5.74, 6) is 0.733. The molecule has 104 valence electrons. The summed E-state index contributed by atoms with van der Waals surface area (Å²) in [4.78, 5) is 13.0. The van der Waals surface area contributed by atoms with Gasteiger partial charge in [0.2, 0.25) is 5.91 Å².